The molecule has 0 fully saturated rings. The standard InChI is InChI=1S/C23H23F2N5O4S2/c1-14(16-8-4-5-9-17(16)24)20-18(25)10-11-19-21(20)28-23(29-36(19,33)34)27-13-15-7-6-12-26-22(15)30(2)35(3,31)32/h4-12,14H,13H2,1-3H3,(H2,27,28,29). The molecule has 9 nitrogen and oxygen atoms in total. The number of halogens is 2. The Morgan fingerprint density at radius 3 is 2.50 bits per heavy atom. The number of benzene rings is 2. The summed E-state index contributed by atoms with van der Waals surface area (Å²) in [5.74, 6) is -2.14. The zero-order valence-corrected chi connectivity index (χ0v) is 21.2. The Morgan fingerprint density at radius 2 is 1.81 bits per heavy atom. The van der Waals surface area contributed by atoms with E-state index in [4.69, 9.17) is 0 Å². The second-order valence-corrected chi connectivity index (χ2v) is 11.8. The topological polar surface area (TPSA) is 121 Å². The van der Waals surface area contributed by atoms with Gasteiger partial charge >= 0.3 is 0 Å². The molecular weight excluding hydrogens is 512 g/mol. The first-order valence-corrected chi connectivity index (χ1v) is 14.0. The highest BCUT2D eigenvalue weighted by Crippen LogP contribution is 2.39. The van der Waals surface area contributed by atoms with Crippen LogP contribution in [0.3, 0.4) is 0 Å². The van der Waals surface area contributed by atoms with E-state index in [9.17, 15) is 21.2 Å². The Labute approximate surface area is 208 Å². The van der Waals surface area contributed by atoms with Crippen LogP contribution in [0.1, 0.15) is 29.5 Å². The first-order valence-electron chi connectivity index (χ1n) is 10.7. The predicted molar refractivity (Wildman–Crippen MR) is 133 cm³/mol. The molecule has 190 valence electrons. The molecule has 0 saturated heterocycles. The van der Waals surface area contributed by atoms with Crippen molar-refractivity contribution in [3.05, 3.63) is 83.1 Å². The molecule has 2 aromatic carbocycles. The summed E-state index contributed by atoms with van der Waals surface area (Å²) in [6.45, 7) is 1.53. The molecule has 1 unspecified atom stereocenters. The summed E-state index contributed by atoms with van der Waals surface area (Å²) in [5, 5.41) is 5.65. The molecule has 1 aromatic heterocycles. The number of anilines is 2. The maximum atomic E-state index is 15.0. The molecule has 0 radical (unpaired) electrons. The second-order valence-electron chi connectivity index (χ2n) is 8.19. The Balaban J connectivity index is 1.70. The molecule has 1 aliphatic heterocycles. The first kappa shape index (κ1) is 25.5. The van der Waals surface area contributed by atoms with Gasteiger partial charge in [-0.25, -0.2) is 22.2 Å². The molecule has 0 aliphatic carbocycles. The molecule has 3 aromatic rings. The summed E-state index contributed by atoms with van der Waals surface area (Å²) in [7, 11) is -6.49. The molecule has 2 N–H and O–H groups in total. The van der Waals surface area contributed by atoms with Gasteiger partial charge < -0.3 is 10.6 Å². The van der Waals surface area contributed by atoms with Crippen LogP contribution in [0.15, 0.2) is 64.0 Å². The van der Waals surface area contributed by atoms with Crippen molar-refractivity contribution in [1.82, 2.24) is 10.3 Å². The van der Waals surface area contributed by atoms with Gasteiger partial charge in [0.05, 0.1) is 11.9 Å². The third-order valence-corrected chi connectivity index (χ3v) is 8.29. The Kier molecular flexibility index (Phi) is 6.71. The fraction of sp³-hybridized carbons (Fsp3) is 0.217. The molecule has 0 amide bonds. The number of hydrogen-bond acceptors (Lipinski definition) is 7. The van der Waals surface area contributed by atoms with Gasteiger partial charge in [0.1, 0.15) is 22.3 Å². The number of nitrogens with zero attached hydrogens (tertiary/aromatic N) is 3. The SMILES string of the molecule is CC(c1ccccc1F)c1c(F)ccc2c1NC(NCc1cccnc1N(C)S(C)(=O)=O)=NS2(=O)=O. The number of guanidine groups is 1. The summed E-state index contributed by atoms with van der Waals surface area (Å²) < 4.78 is 84.0. The van der Waals surface area contributed by atoms with Crippen LogP contribution >= 0.6 is 0 Å². The maximum Gasteiger partial charge on any atom is 0.287 e. The summed E-state index contributed by atoms with van der Waals surface area (Å²) >= 11 is 0. The minimum atomic E-state index is -4.23. The highest BCUT2D eigenvalue weighted by Gasteiger charge is 2.31. The smallest absolute Gasteiger partial charge is 0.287 e. The third kappa shape index (κ3) is 4.88. The first-order chi connectivity index (χ1) is 16.9. The number of hydrogen-bond donors (Lipinski definition) is 2. The van der Waals surface area contributed by atoms with Gasteiger partial charge in [-0.1, -0.05) is 31.2 Å². The number of aromatic nitrogens is 1. The van der Waals surface area contributed by atoms with Crippen molar-refractivity contribution in [2.45, 2.75) is 24.3 Å². The minimum Gasteiger partial charge on any atom is -0.351 e. The van der Waals surface area contributed by atoms with E-state index < -0.39 is 37.6 Å². The lowest BCUT2D eigenvalue weighted by Gasteiger charge is -2.25. The molecule has 36 heavy (non-hydrogen) atoms. The zero-order valence-electron chi connectivity index (χ0n) is 19.5. The molecule has 1 atom stereocenters. The predicted octanol–water partition coefficient (Wildman–Crippen LogP) is 3.17. The van der Waals surface area contributed by atoms with Crippen LogP contribution < -0.4 is 14.9 Å². The van der Waals surface area contributed by atoms with E-state index in [0.717, 1.165) is 22.7 Å². The Morgan fingerprint density at radius 1 is 1.08 bits per heavy atom. The van der Waals surface area contributed by atoms with Crippen LogP contribution in [0.4, 0.5) is 20.3 Å². The molecule has 13 heteroatoms. The van der Waals surface area contributed by atoms with Crippen LogP contribution in [0.5, 0.6) is 0 Å². The quantitative estimate of drug-likeness (QED) is 0.497. The fourth-order valence-corrected chi connectivity index (χ4v) is 5.48. The van der Waals surface area contributed by atoms with E-state index in [2.05, 4.69) is 20.0 Å². The molecule has 1 aliphatic rings. The fourth-order valence-electron chi connectivity index (χ4n) is 3.90. The molecular formula is C23H23F2N5O4S2. The van der Waals surface area contributed by atoms with Gasteiger partial charge in [-0.15, -0.1) is 4.40 Å². The van der Waals surface area contributed by atoms with Crippen molar-refractivity contribution in [3.63, 3.8) is 0 Å². The minimum absolute atomic E-state index is 0.0331. The lowest BCUT2D eigenvalue weighted by atomic mass is 9.91. The highest BCUT2D eigenvalue weighted by atomic mass is 32.2. The maximum absolute atomic E-state index is 15.0. The summed E-state index contributed by atoms with van der Waals surface area (Å²) in [6, 6.07) is 11.2. The van der Waals surface area contributed by atoms with E-state index in [0.29, 0.717) is 5.56 Å². The van der Waals surface area contributed by atoms with Gasteiger partial charge in [-0.05, 0) is 29.8 Å². The van der Waals surface area contributed by atoms with Crippen LogP contribution in [-0.2, 0) is 26.6 Å². The highest BCUT2D eigenvalue weighted by molar-refractivity contribution is 7.92. The lowest BCUT2D eigenvalue weighted by molar-refractivity contribution is 0.578. The van der Waals surface area contributed by atoms with Crippen LogP contribution in [-0.4, -0.2) is 41.1 Å². The molecule has 0 saturated carbocycles. The molecule has 2 heterocycles. The summed E-state index contributed by atoms with van der Waals surface area (Å²) in [6.07, 6.45) is 2.46. The van der Waals surface area contributed by atoms with E-state index >= 15 is 4.39 Å². The monoisotopic (exact) mass is 535 g/mol. The Bertz CT molecular complexity index is 1580. The van der Waals surface area contributed by atoms with Gasteiger partial charge in [0.15, 0.2) is 0 Å². The second kappa shape index (κ2) is 9.47. The van der Waals surface area contributed by atoms with Crippen molar-refractivity contribution in [3.8, 4) is 0 Å². The summed E-state index contributed by atoms with van der Waals surface area (Å²) in [4.78, 5) is 3.86. The van der Waals surface area contributed by atoms with Crippen molar-refractivity contribution in [1.29, 1.82) is 0 Å². The van der Waals surface area contributed by atoms with Crippen LogP contribution in [0.25, 0.3) is 0 Å². The third-order valence-electron chi connectivity index (χ3n) is 5.80. The van der Waals surface area contributed by atoms with Crippen LogP contribution in [0.2, 0.25) is 0 Å². The van der Waals surface area contributed by atoms with E-state index in [-0.39, 0.29) is 40.0 Å². The van der Waals surface area contributed by atoms with Crippen molar-refractivity contribution >= 4 is 37.5 Å². The van der Waals surface area contributed by atoms with Crippen molar-refractivity contribution in [2.24, 2.45) is 4.40 Å². The van der Waals surface area contributed by atoms with Gasteiger partial charge in [0.2, 0.25) is 16.0 Å². The average molecular weight is 536 g/mol. The number of rotatable bonds is 6. The average Bonchev–Trinajstić information content (AvgIpc) is 2.81. The number of sulfonamides is 2. The Hall–Kier alpha value is -3.58. The molecule has 4 rings (SSSR count). The van der Waals surface area contributed by atoms with Gasteiger partial charge in [-0.3, -0.25) is 4.31 Å². The normalized spacial score (nSPS) is 15.3. The number of pyridine rings is 1. The van der Waals surface area contributed by atoms with Crippen LogP contribution in [0, 0.1) is 11.6 Å². The molecule has 0 spiro atoms. The zero-order chi connectivity index (χ0) is 26.3. The number of fused-ring (bicyclic) bond motifs is 1. The van der Waals surface area contributed by atoms with Crippen molar-refractivity contribution in [2.75, 3.05) is 22.9 Å². The van der Waals surface area contributed by atoms with Gasteiger partial charge in [0.25, 0.3) is 10.0 Å². The van der Waals surface area contributed by atoms with Gasteiger partial charge in [-0.2, -0.15) is 8.42 Å². The molecule has 0 bridgehead atoms. The number of nitrogens with one attached hydrogen (secondary N) is 2. The lowest BCUT2D eigenvalue weighted by Crippen LogP contribution is -2.36. The van der Waals surface area contributed by atoms with Gasteiger partial charge in [0, 0.05) is 36.8 Å². The van der Waals surface area contributed by atoms with E-state index in [1.807, 2.05) is 0 Å². The van der Waals surface area contributed by atoms with E-state index in [1.54, 1.807) is 25.1 Å². The van der Waals surface area contributed by atoms with Crippen molar-refractivity contribution < 1.29 is 25.6 Å². The van der Waals surface area contributed by atoms with E-state index in [1.165, 1.54) is 31.4 Å². The summed E-state index contributed by atoms with van der Waals surface area (Å²) in [5.41, 5.74) is 0.555. The largest absolute Gasteiger partial charge is 0.351 e.